The van der Waals surface area contributed by atoms with Crippen LogP contribution in [-0.2, 0) is 0 Å². The number of thiophene rings is 1. The van der Waals surface area contributed by atoms with Crippen molar-refractivity contribution >= 4 is 65.9 Å². The van der Waals surface area contributed by atoms with E-state index >= 15 is 0 Å². The number of rotatable bonds is 0. The molecule has 0 aliphatic heterocycles. The van der Waals surface area contributed by atoms with Crippen molar-refractivity contribution in [2.24, 2.45) is 0 Å². The SMILES string of the molecule is Sc1cc2cc(Br)cc(Br)c2s1. The quantitative estimate of drug-likeness (QED) is 0.667. The van der Waals surface area contributed by atoms with Gasteiger partial charge in [0.25, 0.3) is 0 Å². The lowest BCUT2D eigenvalue weighted by atomic mass is 10.3. The normalized spacial score (nSPS) is 10.9. The molecule has 0 nitrogen and oxygen atoms in total. The van der Waals surface area contributed by atoms with Gasteiger partial charge in [-0.25, -0.2) is 0 Å². The summed E-state index contributed by atoms with van der Waals surface area (Å²) in [5.41, 5.74) is 0. The number of thiol groups is 1. The maximum atomic E-state index is 4.31. The zero-order chi connectivity index (χ0) is 8.72. The molecule has 0 saturated heterocycles. The van der Waals surface area contributed by atoms with Gasteiger partial charge in [0, 0.05) is 13.6 Å². The van der Waals surface area contributed by atoms with E-state index in [0.29, 0.717) is 0 Å². The number of fused-ring (bicyclic) bond motifs is 1. The monoisotopic (exact) mass is 322 g/mol. The van der Waals surface area contributed by atoms with E-state index in [0.717, 1.165) is 13.2 Å². The third-order valence-corrected chi connectivity index (χ3v) is 4.26. The molecule has 4 heteroatoms. The molecule has 1 aromatic heterocycles. The van der Waals surface area contributed by atoms with Crippen LogP contribution in [0.2, 0.25) is 0 Å². The van der Waals surface area contributed by atoms with E-state index in [-0.39, 0.29) is 0 Å². The van der Waals surface area contributed by atoms with Crippen molar-refractivity contribution in [1.29, 1.82) is 0 Å². The second kappa shape index (κ2) is 3.33. The third-order valence-electron chi connectivity index (χ3n) is 1.52. The summed E-state index contributed by atoms with van der Waals surface area (Å²) in [4.78, 5) is 0. The van der Waals surface area contributed by atoms with Gasteiger partial charge in [-0.15, -0.1) is 24.0 Å². The first-order valence-electron chi connectivity index (χ1n) is 3.24. The molecule has 2 rings (SSSR count). The summed E-state index contributed by atoms with van der Waals surface area (Å²) in [5, 5.41) is 1.23. The number of benzene rings is 1. The predicted molar refractivity (Wildman–Crippen MR) is 64.5 cm³/mol. The standard InChI is InChI=1S/C8H4Br2S2/c9-5-1-4-2-7(11)12-8(4)6(10)3-5/h1-3,11H. The Hall–Kier alpha value is 0.490. The van der Waals surface area contributed by atoms with Crippen LogP contribution >= 0.6 is 55.8 Å². The van der Waals surface area contributed by atoms with Gasteiger partial charge >= 0.3 is 0 Å². The molecule has 0 radical (unpaired) electrons. The van der Waals surface area contributed by atoms with Crippen LogP contribution in [0.3, 0.4) is 0 Å². The molecule has 1 heterocycles. The Kier molecular flexibility index (Phi) is 2.51. The smallest absolute Gasteiger partial charge is 0.0581 e. The predicted octanol–water partition coefficient (Wildman–Crippen LogP) is 4.72. The average Bonchev–Trinajstić information content (AvgIpc) is 2.29. The number of halogens is 2. The molecular formula is C8H4Br2S2. The number of hydrogen-bond acceptors (Lipinski definition) is 2. The van der Waals surface area contributed by atoms with Crippen molar-refractivity contribution in [3.63, 3.8) is 0 Å². The minimum atomic E-state index is 1.05. The maximum absolute atomic E-state index is 4.31. The van der Waals surface area contributed by atoms with Gasteiger partial charge in [0.1, 0.15) is 0 Å². The van der Waals surface area contributed by atoms with Crippen molar-refractivity contribution in [2.75, 3.05) is 0 Å². The molecule has 2 aromatic rings. The van der Waals surface area contributed by atoms with Gasteiger partial charge in [-0.2, -0.15) is 0 Å². The molecule has 0 atom stereocenters. The highest BCUT2D eigenvalue weighted by Crippen LogP contribution is 2.35. The topological polar surface area (TPSA) is 0 Å². The Labute approximate surface area is 96.6 Å². The summed E-state index contributed by atoms with van der Waals surface area (Å²) >= 11 is 12.9. The van der Waals surface area contributed by atoms with E-state index in [2.05, 4.69) is 56.6 Å². The summed E-state index contributed by atoms with van der Waals surface area (Å²) in [5.74, 6) is 0. The third kappa shape index (κ3) is 1.58. The van der Waals surface area contributed by atoms with Crippen molar-refractivity contribution in [1.82, 2.24) is 0 Å². The van der Waals surface area contributed by atoms with Crippen LogP contribution < -0.4 is 0 Å². The van der Waals surface area contributed by atoms with Crippen molar-refractivity contribution < 1.29 is 0 Å². The van der Waals surface area contributed by atoms with Gasteiger partial charge in [-0.05, 0) is 39.5 Å². The maximum Gasteiger partial charge on any atom is 0.0581 e. The van der Waals surface area contributed by atoms with E-state index in [1.165, 1.54) is 10.1 Å². The fourth-order valence-corrected chi connectivity index (χ4v) is 3.76. The summed E-state index contributed by atoms with van der Waals surface area (Å²) in [6, 6.07) is 6.21. The van der Waals surface area contributed by atoms with Gasteiger partial charge in [0.2, 0.25) is 0 Å². The van der Waals surface area contributed by atoms with E-state index in [1.54, 1.807) is 11.3 Å². The molecule has 0 N–H and O–H groups in total. The molecule has 0 fully saturated rings. The van der Waals surface area contributed by atoms with Crippen LogP contribution in [0.25, 0.3) is 10.1 Å². The molecule has 0 aliphatic rings. The lowest BCUT2D eigenvalue weighted by Crippen LogP contribution is -1.67. The van der Waals surface area contributed by atoms with E-state index in [9.17, 15) is 0 Å². The van der Waals surface area contributed by atoms with Crippen molar-refractivity contribution in [2.45, 2.75) is 4.21 Å². The second-order valence-electron chi connectivity index (χ2n) is 2.39. The van der Waals surface area contributed by atoms with Gasteiger partial charge < -0.3 is 0 Å². The Bertz CT molecular complexity index is 434. The highest BCUT2D eigenvalue weighted by Gasteiger charge is 2.03. The largest absolute Gasteiger partial charge is 0.133 e. The van der Waals surface area contributed by atoms with Crippen LogP contribution in [0.15, 0.2) is 31.4 Å². The molecular weight excluding hydrogens is 320 g/mol. The van der Waals surface area contributed by atoms with E-state index < -0.39 is 0 Å². The zero-order valence-corrected chi connectivity index (χ0v) is 10.7. The Morgan fingerprint density at radius 2 is 1.92 bits per heavy atom. The Balaban J connectivity index is 2.88. The first-order chi connectivity index (χ1) is 5.66. The Morgan fingerprint density at radius 3 is 2.67 bits per heavy atom. The van der Waals surface area contributed by atoms with Gasteiger partial charge in [-0.3, -0.25) is 0 Å². The molecule has 0 aliphatic carbocycles. The lowest BCUT2D eigenvalue weighted by molar-refractivity contribution is 1.70. The van der Waals surface area contributed by atoms with E-state index in [1.807, 2.05) is 6.07 Å². The van der Waals surface area contributed by atoms with Crippen LogP contribution in [0.5, 0.6) is 0 Å². The van der Waals surface area contributed by atoms with Crippen LogP contribution in [0.4, 0.5) is 0 Å². The van der Waals surface area contributed by atoms with Crippen molar-refractivity contribution in [3.05, 3.63) is 27.1 Å². The fraction of sp³-hybridized carbons (Fsp3) is 0. The van der Waals surface area contributed by atoms with Crippen LogP contribution in [0.1, 0.15) is 0 Å². The molecule has 0 bridgehead atoms. The first kappa shape index (κ1) is 9.06. The Morgan fingerprint density at radius 1 is 1.17 bits per heavy atom. The van der Waals surface area contributed by atoms with Gasteiger partial charge in [0.15, 0.2) is 0 Å². The highest BCUT2D eigenvalue weighted by molar-refractivity contribution is 9.11. The summed E-state index contributed by atoms with van der Waals surface area (Å²) < 4.78 is 4.51. The molecule has 62 valence electrons. The minimum absolute atomic E-state index is 1.05. The molecule has 1 aromatic carbocycles. The minimum Gasteiger partial charge on any atom is -0.133 e. The summed E-state index contributed by atoms with van der Waals surface area (Å²) in [6.07, 6.45) is 0. The summed E-state index contributed by atoms with van der Waals surface area (Å²) in [7, 11) is 0. The van der Waals surface area contributed by atoms with Crippen LogP contribution in [-0.4, -0.2) is 0 Å². The van der Waals surface area contributed by atoms with Crippen molar-refractivity contribution in [3.8, 4) is 0 Å². The molecule has 0 spiro atoms. The average molecular weight is 324 g/mol. The van der Waals surface area contributed by atoms with E-state index in [4.69, 9.17) is 0 Å². The molecule has 0 unspecified atom stereocenters. The van der Waals surface area contributed by atoms with Gasteiger partial charge in [0.05, 0.1) is 4.21 Å². The lowest BCUT2D eigenvalue weighted by Gasteiger charge is -1.94. The van der Waals surface area contributed by atoms with Crippen LogP contribution in [0, 0.1) is 0 Å². The second-order valence-corrected chi connectivity index (χ2v) is 6.00. The number of hydrogen-bond donors (Lipinski definition) is 1. The molecule has 12 heavy (non-hydrogen) atoms. The molecule has 0 amide bonds. The summed E-state index contributed by atoms with van der Waals surface area (Å²) in [6.45, 7) is 0. The molecule has 0 saturated carbocycles. The van der Waals surface area contributed by atoms with Gasteiger partial charge in [-0.1, -0.05) is 15.9 Å². The fourth-order valence-electron chi connectivity index (χ4n) is 1.06. The first-order valence-corrected chi connectivity index (χ1v) is 6.09. The highest BCUT2D eigenvalue weighted by atomic mass is 79.9. The zero-order valence-electron chi connectivity index (χ0n) is 5.84.